The Kier molecular flexibility index (Phi) is 7.21. The molecule has 3 nitrogen and oxygen atoms in total. The van der Waals surface area contributed by atoms with Gasteiger partial charge in [-0.05, 0) is 49.0 Å². The third-order valence-corrected chi connectivity index (χ3v) is 4.59. The molecule has 2 N–H and O–H groups in total. The first-order valence-corrected chi connectivity index (χ1v) is 8.68. The van der Waals surface area contributed by atoms with Gasteiger partial charge in [0, 0.05) is 12.7 Å². The van der Waals surface area contributed by atoms with Gasteiger partial charge in [0.25, 0.3) is 0 Å². The van der Waals surface area contributed by atoms with Crippen molar-refractivity contribution in [2.75, 3.05) is 13.7 Å². The fourth-order valence-corrected chi connectivity index (χ4v) is 3.08. The van der Waals surface area contributed by atoms with E-state index in [1.54, 1.807) is 7.11 Å². The van der Waals surface area contributed by atoms with E-state index < -0.39 is 0 Å². The topological polar surface area (TPSA) is 33.3 Å². The Hall–Kier alpha value is -1.74. The van der Waals surface area contributed by atoms with Gasteiger partial charge in [-0.25, -0.2) is 0 Å². The van der Waals surface area contributed by atoms with Crippen LogP contribution in [-0.2, 0) is 4.74 Å². The molecule has 3 heteroatoms. The molecule has 1 heterocycles. The minimum atomic E-state index is 0.233. The SMILES string of the molecule is C=C(/C=C\C(=C/C)C1=CNC(NCC2CCCCC2)C=C1)OC. The second-order valence-corrected chi connectivity index (χ2v) is 6.26. The first-order valence-electron chi connectivity index (χ1n) is 8.68. The van der Waals surface area contributed by atoms with Crippen LogP contribution in [-0.4, -0.2) is 19.8 Å². The number of hydrogen-bond acceptors (Lipinski definition) is 3. The quantitative estimate of drug-likeness (QED) is 0.546. The zero-order valence-electron chi connectivity index (χ0n) is 14.5. The molecule has 1 unspecified atom stereocenters. The summed E-state index contributed by atoms with van der Waals surface area (Å²) in [4.78, 5) is 0. The molecule has 126 valence electrons. The fraction of sp³-hybridized carbons (Fsp3) is 0.500. The second-order valence-electron chi connectivity index (χ2n) is 6.26. The highest BCUT2D eigenvalue weighted by Crippen LogP contribution is 2.23. The van der Waals surface area contributed by atoms with Crippen molar-refractivity contribution in [3.8, 4) is 0 Å². The van der Waals surface area contributed by atoms with E-state index >= 15 is 0 Å². The molecule has 0 aromatic carbocycles. The van der Waals surface area contributed by atoms with E-state index in [9.17, 15) is 0 Å². The van der Waals surface area contributed by atoms with Gasteiger partial charge in [-0.1, -0.05) is 44.1 Å². The van der Waals surface area contributed by atoms with E-state index in [0.717, 1.165) is 18.0 Å². The van der Waals surface area contributed by atoms with Gasteiger partial charge in [-0.3, -0.25) is 5.32 Å². The Morgan fingerprint density at radius 3 is 2.74 bits per heavy atom. The zero-order valence-corrected chi connectivity index (χ0v) is 14.5. The summed E-state index contributed by atoms with van der Waals surface area (Å²) in [7, 11) is 1.63. The number of dihydropyridines is 1. The van der Waals surface area contributed by atoms with Crippen molar-refractivity contribution >= 4 is 0 Å². The van der Waals surface area contributed by atoms with Crippen molar-refractivity contribution in [2.24, 2.45) is 5.92 Å². The molecule has 0 aromatic rings. The lowest BCUT2D eigenvalue weighted by atomic mass is 9.89. The predicted octanol–water partition coefficient (Wildman–Crippen LogP) is 4.19. The highest BCUT2D eigenvalue weighted by molar-refractivity contribution is 5.48. The molecule has 2 aliphatic rings. The number of methoxy groups -OCH3 is 1. The standard InChI is InChI=1S/C20H30N2O/c1-4-18(11-10-16(2)23-3)19-12-13-20(22-15-19)21-14-17-8-6-5-7-9-17/h4,10-13,15,17,20-22H,2,5-9,14H2,1,3H3/b11-10-,18-4+. The average molecular weight is 314 g/mol. The van der Waals surface area contributed by atoms with Crippen molar-refractivity contribution in [3.63, 3.8) is 0 Å². The minimum absolute atomic E-state index is 0.233. The van der Waals surface area contributed by atoms with E-state index in [-0.39, 0.29) is 6.17 Å². The van der Waals surface area contributed by atoms with Crippen LogP contribution in [0.5, 0.6) is 0 Å². The van der Waals surface area contributed by atoms with Crippen LogP contribution in [0.3, 0.4) is 0 Å². The summed E-state index contributed by atoms with van der Waals surface area (Å²) >= 11 is 0. The van der Waals surface area contributed by atoms with Crippen LogP contribution in [0.15, 0.2) is 60.1 Å². The van der Waals surface area contributed by atoms with E-state index in [1.165, 1.54) is 37.7 Å². The fourth-order valence-electron chi connectivity index (χ4n) is 3.08. The van der Waals surface area contributed by atoms with E-state index in [4.69, 9.17) is 4.74 Å². The van der Waals surface area contributed by atoms with Gasteiger partial charge in [-0.2, -0.15) is 0 Å². The smallest absolute Gasteiger partial charge is 0.111 e. The molecule has 1 atom stereocenters. The van der Waals surface area contributed by atoms with Crippen LogP contribution in [0.2, 0.25) is 0 Å². The number of rotatable bonds is 7. The molecule has 2 rings (SSSR count). The van der Waals surface area contributed by atoms with Crippen molar-refractivity contribution in [1.29, 1.82) is 0 Å². The summed E-state index contributed by atoms with van der Waals surface area (Å²) in [6.45, 7) is 6.95. The molecule has 0 saturated heterocycles. The Morgan fingerprint density at radius 2 is 2.13 bits per heavy atom. The predicted molar refractivity (Wildman–Crippen MR) is 97.8 cm³/mol. The molecule has 1 saturated carbocycles. The van der Waals surface area contributed by atoms with Crippen molar-refractivity contribution in [1.82, 2.24) is 10.6 Å². The number of allylic oxidation sites excluding steroid dienone is 6. The van der Waals surface area contributed by atoms with Gasteiger partial charge < -0.3 is 10.1 Å². The maximum absolute atomic E-state index is 5.07. The van der Waals surface area contributed by atoms with Crippen LogP contribution in [0.4, 0.5) is 0 Å². The van der Waals surface area contributed by atoms with Crippen molar-refractivity contribution in [2.45, 2.75) is 45.2 Å². The number of ether oxygens (including phenoxy) is 1. The lowest BCUT2D eigenvalue weighted by Crippen LogP contribution is -2.42. The highest BCUT2D eigenvalue weighted by Gasteiger charge is 2.15. The van der Waals surface area contributed by atoms with Gasteiger partial charge in [0.15, 0.2) is 0 Å². The summed E-state index contributed by atoms with van der Waals surface area (Å²) in [5, 5.41) is 7.05. The highest BCUT2D eigenvalue weighted by atomic mass is 16.5. The van der Waals surface area contributed by atoms with Gasteiger partial charge >= 0.3 is 0 Å². The van der Waals surface area contributed by atoms with Crippen molar-refractivity contribution < 1.29 is 4.74 Å². The average Bonchev–Trinajstić information content (AvgIpc) is 2.62. The Balaban J connectivity index is 1.81. The van der Waals surface area contributed by atoms with Crippen LogP contribution < -0.4 is 10.6 Å². The molecule has 0 bridgehead atoms. The van der Waals surface area contributed by atoms with Gasteiger partial charge in [0.1, 0.15) is 5.76 Å². The van der Waals surface area contributed by atoms with Crippen LogP contribution in [0, 0.1) is 5.92 Å². The van der Waals surface area contributed by atoms with Crippen LogP contribution in [0.1, 0.15) is 39.0 Å². The number of nitrogens with one attached hydrogen (secondary N) is 2. The van der Waals surface area contributed by atoms with Gasteiger partial charge in [0.05, 0.1) is 13.3 Å². The Bertz CT molecular complexity index is 508. The summed E-state index contributed by atoms with van der Waals surface area (Å²) in [6, 6.07) is 0. The molecule has 1 aliphatic heterocycles. The molecule has 0 spiro atoms. The number of hydrogen-bond donors (Lipinski definition) is 2. The molecule has 1 aliphatic carbocycles. The van der Waals surface area contributed by atoms with E-state index in [1.807, 2.05) is 19.1 Å². The first-order chi connectivity index (χ1) is 11.2. The normalized spacial score (nSPS) is 22.8. The molecule has 1 fully saturated rings. The zero-order chi connectivity index (χ0) is 16.5. The molecular formula is C20H30N2O. The van der Waals surface area contributed by atoms with E-state index in [0.29, 0.717) is 5.76 Å². The minimum Gasteiger partial charge on any atom is -0.497 e. The third-order valence-electron chi connectivity index (χ3n) is 4.59. The maximum Gasteiger partial charge on any atom is 0.111 e. The van der Waals surface area contributed by atoms with Gasteiger partial charge in [-0.15, -0.1) is 0 Å². The molecule has 0 aromatic heterocycles. The Labute approximate surface area is 140 Å². The van der Waals surface area contributed by atoms with Gasteiger partial charge in [0.2, 0.25) is 0 Å². The largest absolute Gasteiger partial charge is 0.497 e. The summed E-state index contributed by atoms with van der Waals surface area (Å²) < 4.78 is 5.07. The van der Waals surface area contributed by atoms with Crippen LogP contribution in [0.25, 0.3) is 0 Å². The lowest BCUT2D eigenvalue weighted by Gasteiger charge is -2.26. The van der Waals surface area contributed by atoms with Crippen molar-refractivity contribution in [3.05, 3.63) is 60.1 Å². The van der Waals surface area contributed by atoms with E-state index in [2.05, 4.69) is 41.6 Å². The summed E-state index contributed by atoms with van der Waals surface area (Å²) in [6.07, 6.45) is 19.6. The Morgan fingerprint density at radius 1 is 1.35 bits per heavy atom. The lowest BCUT2D eigenvalue weighted by molar-refractivity contribution is 0.309. The molecular weight excluding hydrogens is 284 g/mol. The molecule has 0 amide bonds. The third kappa shape index (κ3) is 5.76. The monoisotopic (exact) mass is 314 g/mol. The summed E-state index contributed by atoms with van der Waals surface area (Å²) in [5.74, 6) is 1.50. The van der Waals surface area contributed by atoms with Crippen LogP contribution >= 0.6 is 0 Å². The molecule has 23 heavy (non-hydrogen) atoms. The maximum atomic E-state index is 5.07. The summed E-state index contributed by atoms with van der Waals surface area (Å²) in [5.41, 5.74) is 2.32. The molecule has 0 radical (unpaired) electrons. The first kappa shape index (κ1) is 17.6. The second kappa shape index (κ2) is 9.41.